The molecule has 1 saturated heterocycles. The van der Waals surface area contributed by atoms with Gasteiger partial charge in [-0.25, -0.2) is 9.78 Å². The number of nitrogens with zero attached hydrogens (tertiary/aromatic N) is 2. The molecule has 0 saturated carbocycles. The molecule has 1 aromatic heterocycles. The van der Waals surface area contributed by atoms with Crippen molar-refractivity contribution < 1.29 is 32.2 Å². The average Bonchev–Trinajstić information content (AvgIpc) is 2.81. The van der Waals surface area contributed by atoms with Crippen molar-refractivity contribution in [3.05, 3.63) is 52.2 Å². The van der Waals surface area contributed by atoms with E-state index in [9.17, 15) is 22.8 Å². The van der Waals surface area contributed by atoms with Crippen LogP contribution in [0.1, 0.15) is 34.3 Å². The summed E-state index contributed by atoms with van der Waals surface area (Å²) in [6, 6.07) is 5.84. The molecular formula is C22H23ClF3N3O4. The first kappa shape index (κ1) is 24.6. The number of aromatic nitrogens is 1. The second-order valence-corrected chi connectivity index (χ2v) is 7.94. The van der Waals surface area contributed by atoms with Crippen LogP contribution in [-0.2, 0) is 22.3 Å². The lowest BCUT2D eigenvalue weighted by Gasteiger charge is -2.32. The molecule has 1 fully saturated rings. The number of amides is 1. The lowest BCUT2D eigenvalue weighted by Crippen LogP contribution is -2.40. The number of hydrogen-bond donors (Lipinski definition) is 1. The zero-order chi connectivity index (χ0) is 24.2. The molecule has 0 aliphatic carbocycles. The fraction of sp³-hybridized carbons (Fsp3) is 0.409. The molecule has 7 nitrogen and oxygen atoms in total. The minimum absolute atomic E-state index is 0.0753. The van der Waals surface area contributed by atoms with Crippen LogP contribution in [0.25, 0.3) is 0 Å². The zero-order valence-corrected chi connectivity index (χ0v) is 18.8. The molecule has 1 aliphatic heterocycles. The second-order valence-electron chi connectivity index (χ2n) is 7.53. The number of hydrogen-bond acceptors (Lipinski definition) is 6. The van der Waals surface area contributed by atoms with E-state index in [0.29, 0.717) is 37.2 Å². The summed E-state index contributed by atoms with van der Waals surface area (Å²) in [5.41, 5.74) is 0.0723. The van der Waals surface area contributed by atoms with Crippen molar-refractivity contribution in [3.63, 3.8) is 0 Å². The summed E-state index contributed by atoms with van der Waals surface area (Å²) in [5.74, 6) is -0.288. The molecule has 0 spiro atoms. The molecule has 1 amide bonds. The van der Waals surface area contributed by atoms with E-state index in [0.717, 1.165) is 12.3 Å². The Kier molecular flexibility index (Phi) is 7.68. The quantitative estimate of drug-likeness (QED) is 0.621. The predicted octanol–water partition coefficient (Wildman–Crippen LogP) is 4.08. The molecule has 3 rings (SSSR count). The summed E-state index contributed by atoms with van der Waals surface area (Å²) < 4.78 is 48.3. The van der Waals surface area contributed by atoms with Gasteiger partial charge in [0.1, 0.15) is 17.1 Å². The lowest BCUT2D eigenvalue weighted by molar-refractivity contribution is -0.137. The van der Waals surface area contributed by atoms with E-state index < -0.39 is 17.7 Å². The molecule has 2 aromatic rings. The van der Waals surface area contributed by atoms with Gasteiger partial charge in [0.15, 0.2) is 0 Å². The minimum Gasteiger partial charge on any atom is -0.496 e. The van der Waals surface area contributed by atoms with Gasteiger partial charge in [-0.1, -0.05) is 17.7 Å². The van der Waals surface area contributed by atoms with Crippen molar-refractivity contribution in [1.29, 1.82) is 0 Å². The Hall–Kier alpha value is -3.01. The predicted molar refractivity (Wildman–Crippen MR) is 115 cm³/mol. The summed E-state index contributed by atoms with van der Waals surface area (Å²) >= 11 is 6.03. The fourth-order valence-corrected chi connectivity index (χ4v) is 3.93. The van der Waals surface area contributed by atoms with Crippen molar-refractivity contribution in [3.8, 4) is 5.75 Å². The van der Waals surface area contributed by atoms with Gasteiger partial charge in [-0.3, -0.25) is 4.79 Å². The SMILES string of the molecule is COC(=O)c1cc(CNC(=O)C2CCN(c3ncc(C(F)(F)F)cc3Cl)CC2)ccc1OC. The number of rotatable bonds is 6. The number of anilines is 1. The van der Waals surface area contributed by atoms with Crippen molar-refractivity contribution >= 4 is 29.3 Å². The van der Waals surface area contributed by atoms with Crippen molar-refractivity contribution in [2.45, 2.75) is 25.6 Å². The standard InChI is InChI=1S/C22H23ClF3N3O4/c1-32-18-4-3-13(9-16(18)21(31)33-2)11-28-20(30)14-5-7-29(8-6-14)19-17(23)10-15(12-27-19)22(24,25)26/h3-4,9-10,12,14H,5-8,11H2,1-2H3,(H,28,30). The van der Waals surface area contributed by atoms with Crippen LogP contribution in [0.2, 0.25) is 5.02 Å². The number of nitrogens with one attached hydrogen (secondary N) is 1. The van der Waals surface area contributed by atoms with Gasteiger partial charge in [0, 0.05) is 31.7 Å². The third-order valence-corrected chi connectivity index (χ3v) is 5.73. The van der Waals surface area contributed by atoms with E-state index in [1.165, 1.54) is 14.2 Å². The molecule has 0 unspecified atom stereocenters. The number of carbonyl (C=O) groups excluding carboxylic acids is 2. The Morgan fingerprint density at radius 1 is 1.21 bits per heavy atom. The van der Waals surface area contributed by atoms with E-state index in [1.54, 1.807) is 23.1 Å². The monoisotopic (exact) mass is 485 g/mol. The molecule has 1 aliphatic rings. The molecule has 178 valence electrons. The first-order valence-corrected chi connectivity index (χ1v) is 10.5. The zero-order valence-electron chi connectivity index (χ0n) is 18.0. The maximum atomic E-state index is 12.8. The second kappa shape index (κ2) is 10.3. The van der Waals surface area contributed by atoms with Gasteiger partial charge in [0.25, 0.3) is 0 Å². The van der Waals surface area contributed by atoms with Gasteiger partial charge in [0.05, 0.1) is 24.8 Å². The lowest BCUT2D eigenvalue weighted by atomic mass is 9.95. The number of methoxy groups -OCH3 is 2. The molecule has 33 heavy (non-hydrogen) atoms. The highest BCUT2D eigenvalue weighted by Gasteiger charge is 2.33. The van der Waals surface area contributed by atoms with Crippen molar-refractivity contribution in [2.24, 2.45) is 5.92 Å². The number of piperidine rings is 1. The Morgan fingerprint density at radius 2 is 1.91 bits per heavy atom. The molecule has 11 heteroatoms. The molecule has 1 N–H and O–H groups in total. The van der Waals surface area contributed by atoms with Gasteiger partial charge in [-0.05, 0) is 36.6 Å². The Balaban J connectivity index is 1.57. The van der Waals surface area contributed by atoms with E-state index in [4.69, 9.17) is 21.1 Å². The van der Waals surface area contributed by atoms with E-state index in [2.05, 4.69) is 10.3 Å². The van der Waals surface area contributed by atoms with E-state index in [-0.39, 0.29) is 34.8 Å². The highest BCUT2D eigenvalue weighted by atomic mass is 35.5. The third kappa shape index (κ3) is 5.87. The molecule has 0 radical (unpaired) electrons. The molecular weight excluding hydrogens is 463 g/mol. The summed E-state index contributed by atoms with van der Waals surface area (Å²) in [6.07, 6.45) is -2.75. The van der Waals surface area contributed by atoms with E-state index >= 15 is 0 Å². The maximum Gasteiger partial charge on any atom is 0.417 e. The Labute approximate surface area is 193 Å². The number of benzene rings is 1. The number of ether oxygens (including phenoxy) is 2. The van der Waals surface area contributed by atoms with Crippen LogP contribution in [-0.4, -0.2) is 44.2 Å². The van der Waals surface area contributed by atoms with Gasteiger partial charge >= 0.3 is 12.1 Å². The van der Waals surface area contributed by atoms with Crippen LogP contribution in [0.5, 0.6) is 5.75 Å². The van der Waals surface area contributed by atoms with Gasteiger partial charge in [-0.2, -0.15) is 13.2 Å². The number of alkyl halides is 3. The largest absolute Gasteiger partial charge is 0.496 e. The number of esters is 1. The molecule has 1 aromatic carbocycles. The van der Waals surface area contributed by atoms with Crippen LogP contribution in [0.3, 0.4) is 0 Å². The molecule has 0 bridgehead atoms. The highest BCUT2D eigenvalue weighted by molar-refractivity contribution is 6.33. The summed E-state index contributed by atoms with van der Waals surface area (Å²) in [7, 11) is 2.72. The summed E-state index contributed by atoms with van der Waals surface area (Å²) in [4.78, 5) is 30.2. The first-order valence-electron chi connectivity index (χ1n) is 10.1. The van der Waals surface area contributed by atoms with Crippen LogP contribution < -0.4 is 15.0 Å². The number of pyridine rings is 1. The normalized spacial score (nSPS) is 14.7. The Morgan fingerprint density at radius 3 is 2.48 bits per heavy atom. The van der Waals surface area contributed by atoms with Gasteiger partial charge < -0.3 is 19.7 Å². The van der Waals surface area contributed by atoms with Crippen LogP contribution >= 0.6 is 11.6 Å². The summed E-state index contributed by atoms with van der Waals surface area (Å²) in [5, 5.41) is 2.79. The van der Waals surface area contributed by atoms with Crippen LogP contribution in [0.4, 0.5) is 19.0 Å². The summed E-state index contributed by atoms with van der Waals surface area (Å²) in [6.45, 7) is 1.09. The maximum absolute atomic E-state index is 12.8. The van der Waals surface area contributed by atoms with Crippen molar-refractivity contribution in [1.82, 2.24) is 10.3 Å². The molecule has 0 atom stereocenters. The molecule has 2 heterocycles. The fourth-order valence-electron chi connectivity index (χ4n) is 3.64. The smallest absolute Gasteiger partial charge is 0.417 e. The van der Waals surface area contributed by atoms with Crippen LogP contribution in [0.15, 0.2) is 30.5 Å². The van der Waals surface area contributed by atoms with Crippen LogP contribution in [0, 0.1) is 5.92 Å². The highest BCUT2D eigenvalue weighted by Crippen LogP contribution is 2.34. The topological polar surface area (TPSA) is 80.8 Å². The first-order chi connectivity index (χ1) is 15.6. The third-order valence-electron chi connectivity index (χ3n) is 5.45. The number of halogens is 4. The van der Waals surface area contributed by atoms with Crippen molar-refractivity contribution in [2.75, 3.05) is 32.2 Å². The van der Waals surface area contributed by atoms with E-state index in [1.807, 2.05) is 0 Å². The average molecular weight is 486 g/mol. The van der Waals surface area contributed by atoms with Gasteiger partial charge in [-0.15, -0.1) is 0 Å². The minimum atomic E-state index is -4.51. The van der Waals surface area contributed by atoms with Gasteiger partial charge in [0.2, 0.25) is 5.91 Å². The number of carbonyl (C=O) groups is 2. The Bertz CT molecular complexity index is 1020.